The second-order valence-corrected chi connectivity index (χ2v) is 6.59. The fourth-order valence-electron chi connectivity index (χ4n) is 2.04. The number of sulfone groups is 1. The van der Waals surface area contributed by atoms with Crippen molar-refractivity contribution in [2.45, 2.75) is 4.90 Å². The van der Waals surface area contributed by atoms with E-state index in [1.54, 1.807) is 0 Å². The first kappa shape index (κ1) is 17.8. The van der Waals surface area contributed by atoms with Crippen LogP contribution in [0.25, 0.3) is 6.08 Å². The summed E-state index contributed by atoms with van der Waals surface area (Å²) in [5.74, 6) is 0.400. The van der Waals surface area contributed by atoms with E-state index in [0.29, 0.717) is 11.3 Å². The average Bonchev–Trinajstić information content (AvgIpc) is 2.59. The molecule has 0 radical (unpaired) electrons. The molecule has 0 spiro atoms. The normalized spacial score (nSPS) is 11.5. The van der Waals surface area contributed by atoms with E-state index >= 15 is 0 Å². The molecular weight excluding hydrogens is 335 g/mol. The number of hydrogen-bond donors (Lipinski definition) is 0. The van der Waals surface area contributed by atoms with E-state index in [1.165, 1.54) is 63.8 Å². The van der Waals surface area contributed by atoms with Gasteiger partial charge in [0.2, 0.25) is 5.75 Å². The zero-order valence-electron chi connectivity index (χ0n) is 13.4. The highest BCUT2D eigenvalue weighted by atomic mass is 32.2. The summed E-state index contributed by atoms with van der Waals surface area (Å²) in [6.45, 7) is 0. The van der Waals surface area contributed by atoms with Crippen molar-refractivity contribution in [3.8, 4) is 17.2 Å². The van der Waals surface area contributed by atoms with Crippen LogP contribution in [-0.4, -0.2) is 29.7 Å². The van der Waals surface area contributed by atoms with Gasteiger partial charge in [-0.3, -0.25) is 0 Å². The summed E-state index contributed by atoms with van der Waals surface area (Å²) in [6, 6.07) is 8.18. The molecule has 0 N–H and O–H groups in total. The molecule has 0 bridgehead atoms. The maximum absolute atomic E-state index is 12.9. The Bertz CT molecular complexity index is 817. The quantitative estimate of drug-likeness (QED) is 0.798. The minimum Gasteiger partial charge on any atom is -0.493 e. The molecule has 2 aromatic rings. The molecular formula is C17H17FO5S. The van der Waals surface area contributed by atoms with Crippen LogP contribution in [-0.2, 0) is 9.84 Å². The molecule has 128 valence electrons. The number of ether oxygens (including phenoxy) is 3. The van der Waals surface area contributed by atoms with E-state index < -0.39 is 9.84 Å². The monoisotopic (exact) mass is 352 g/mol. The highest BCUT2D eigenvalue weighted by molar-refractivity contribution is 7.94. The minimum absolute atomic E-state index is 0.00429. The van der Waals surface area contributed by atoms with Gasteiger partial charge in [-0.1, -0.05) is 12.1 Å². The smallest absolute Gasteiger partial charge is 0.203 e. The lowest BCUT2D eigenvalue weighted by Crippen LogP contribution is -2.01. The van der Waals surface area contributed by atoms with Crippen molar-refractivity contribution in [3.05, 3.63) is 53.2 Å². The third kappa shape index (κ3) is 3.86. The van der Waals surface area contributed by atoms with E-state index in [4.69, 9.17) is 14.2 Å². The van der Waals surface area contributed by atoms with Crippen LogP contribution < -0.4 is 14.2 Å². The van der Waals surface area contributed by atoms with Crippen LogP contribution in [0.2, 0.25) is 0 Å². The number of methoxy groups -OCH3 is 3. The highest BCUT2D eigenvalue weighted by Crippen LogP contribution is 2.39. The molecule has 0 heterocycles. The molecule has 7 heteroatoms. The Labute approximate surface area is 140 Å². The van der Waals surface area contributed by atoms with E-state index in [9.17, 15) is 12.8 Å². The number of halogens is 1. The molecule has 0 fully saturated rings. The summed E-state index contributed by atoms with van der Waals surface area (Å²) in [4.78, 5) is -0.00429. The predicted octanol–water partition coefficient (Wildman–Crippen LogP) is 3.30. The molecule has 0 amide bonds. The maximum Gasteiger partial charge on any atom is 0.203 e. The number of rotatable bonds is 6. The van der Waals surface area contributed by atoms with Crippen LogP contribution in [0.4, 0.5) is 4.39 Å². The maximum atomic E-state index is 12.9. The van der Waals surface area contributed by atoms with E-state index in [-0.39, 0.29) is 22.2 Å². The zero-order valence-corrected chi connectivity index (χ0v) is 14.3. The summed E-state index contributed by atoms with van der Waals surface area (Å²) in [5, 5.41) is 1.04. The minimum atomic E-state index is -3.75. The topological polar surface area (TPSA) is 61.8 Å². The van der Waals surface area contributed by atoms with Gasteiger partial charge in [-0.15, -0.1) is 0 Å². The van der Waals surface area contributed by atoms with Crippen molar-refractivity contribution in [2.24, 2.45) is 0 Å². The summed E-state index contributed by atoms with van der Waals surface area (Å²) >= 11 is 0. The molecule has 0 aliphatic carbocycles. The third-order valence-electron chi connectivity index (χ3n) is 3.28. The molecule has 0 atom stereocenters. The molecule has 0 saturated carbocycles. The first-order valence-electron chi connectivity index (χ1n) is 6.90. The van der Waals surface area contributed by atoms with Gasteiger partial charge >= 0.3 is 0 Å². The predicted molar refractivity (Wildman–Crippen MR) is 88.7 cm³/mol. The van der Waals surface area contributed by atoms with Crippen molar-refractivity contribution in [3.63, 3.8) is 0 Å². The molecule has 24 heavy (non-hydrogen) atoms. The summed E-state index contributed by atoms with van der Waals surface area (Å²) in [6.07, 6.45) is 1.39. The van der Waals surface area contributed by atoms with E-state index in [0.717, 1.165) is 5.41 Å². The van der Waals surface area contributed by atoms with E-state index in [2.05, 4.69) is 0 Å². The lowest BCUT2D eigenvalue weighted by Gasteiger charge is -2.13. The van der Waals surface area contributed by atoms with Gasteiger partial charge in [0, 0.05) is 17.5 Å². The van der Waals surface area contributed by atoms with Gasteiger partial charge < -0.3 is 14.2 Å². The molecule has 2 rings (SSSR count). The van der Waals surface area contributed by atoms with Crippen LogP contribution in [0.15, 0.2) is 46.7 Å². The summed E-state index contributed by atoms with van der Waals surface area (Å²) < 4.78 is 53.4. The van der Waals surface area contributed by atoms with Gasteiger partial charge in [-0.25, -0.2) is 12.8 Å². The fraction of sp³-hybridized carbons (Fsp3) is 0.176. The Morgan fingerprint density at radius 2 is 1.46 bits per heavy atom. The van der Waals surface area contributed by atoms with E-state index in [1.807, 2.05) is 0 Å². The molecule has 2 aromatic carbocycles. The molecule has 0 unspecified atom stereocenters. The third-order valence-corrected chi connectivity index (χ3v) is 4.66. The van der Waals surface area contributed by atoms with Gasteiger partial charge in [0.05, 0.1) is 26.2 Å². The first-order chi connectivity index (χ1) is 11.4. The van der Waals surface area contributed by atoms with Crippen LogP contribution in [0.3, 0.4) is 0 Å². The van der Waals surface area contributed by atoms with Crippen LogP contribution >= 0.6 is 0 Å². The Morgan fingerprint density at radius 3 is 1.92 bits per heavy atom. The van der Waals surface area contributed by atoms with Crippen LogP contribution in [0, 0.1) is 5.82 Å². The lowest BCUT2D eigenvalue weighted by molar-refractivity contribution is 0.323. The highest BCUT2D eigenvalue weighted by Gasteiger charge is 2.19. The van der Waals surface area contributed by atoms with Crippen molar-refractivity contribution >= 4 is 15.9 Å². The average molecular weight is 352 g/mol. The largest absolute Gasteiger partial charge is 0.493 e. The van der Waals surface area contributed by atoms with Gasteiger partial charge in [0.1, 0.15) is 5.82 Å². The zero-order chi connectivity index (χ0) is 17.7. The van der Waals surface area contributed by atoms with Crippen LogP contribution in [0.1, 0.15) is 5.56 Å². The standard InChI is InChI=1S/C17H17FO5S/c1-21-15-10-14(11-16(22-2)17(15)23-3)24(19,20)9-8-12-4-6-13(18)7-5-12/h4-11H,1-3H3. The molecule has 0 saturated heterocycles. The summed E-state index contributed by atoms with van der Waals surface area (Å²) in [7, 11) is 0.495. The molecule has 0 aliphatic heterocycles. The molecule has 5 nitrogen and oxygen atoms in total. The Hall–Kier alpha value is -2.54. The molecule has 0 aromatic heterocycles. The van der Waals surface area contributed by atoms with Crippen LogP contribution in [0.5, 0.6) is 17.2 Å². The summed E-state index contributed by atoms with van der Waals surface area (Å²) in [5.41, 5.74) is 0.562. The SMILES string of the molecule is COc1cc(S(=O)(=O)C=Cc2ccc(F)cc2)cc(OC)c1OC. The Balaban J connectivity index is 2.43. The molecule has 0 aliphatic rings. The van der Waals surface area contributed by atoms with Crippen molar-refractivity contribution in [1.29, 1.82) is 0 Å². The fourth-order valence-corrected chi connectivity index (χ4v) is 3.08. The van der Waals surface area contributed by atoms with Gasteiger partial charge in [0.25, 0.3) is 0 Å². The Kier molecular flexibility index (Phi) is 5.46. The Morgan fingerprint density at radius 1 is 0.917 bits per heavy atom. The van der Waals surface area contributed by atoms with Crippen molar-refractivity contribution in [1.82, 2.24) is 0 Å². The second kappa shape index (κ2) is 7.35. The van der Waals surface area contributed by atoms with Crippen molar-refractivity contribution in [2.75, 3.05) is 21.3 Å². The number of benzene rings is 2. The second-order valence-electron chi connectivity index (χ2n) is 4.76. The van der Waals surface area contributed by atoms with Gasteiger partial charge in [-0.2, -0.15) is 0 Å². The van der Waals surface area contributed by atoms with Crippen molar-refractivity contribution < 1.29 is 27.0 Å². The van der Waals surface area contributed by atoms with Gasteiger partial charge in [-0.05, 0) is 23.8 Å². The number of hydrogen-bond acceptors (Lipinski definition) is 5. The lowest BCUT2D eigenvalue weighted by atomic mass is 10.2. The first-order valence-corrected chi connectivity index (χ1v) is 8.44. The van der Waals surface area contributed by atoms with Gasteiger partial charge in [0.15, 0.2) is 21.3 Å².